The summed E-state index contributed by atoms with van der Waals surface area (Å²) in [7, 11) is 0. The van der Waals surface area contributed by atoms with Crippen molar-refractivity contribution in [2.75, 3.05) is 26.2 Å². The lowest BCUT2D eigenvalue weighted by atomic mass is 10.4. The average molecular weight is 174 g/mol. The summed E-state index contributed by atoms with van der Waals surface area (Å²) in [4.78, 5) is 11.2. The van der Waals surface area contributed by atoms with Gasteiger partial charge in [-0.05, 0) is 0 Å². The van der Waals surface area contributed by atoms with Crippen molar-refractivity contribution in [3.05, 3.63) is 0 Å². The number of hydrogen-bond acceptors (Lipinski definition) is 4. The molecule has 0 aromatic carbocycles. The van der Waals surface area contributed by atoms with Crippen LogP contribution < -0.4 is 16.9 Å². The smallest absolute Gasteiger partial charge is 0.236 e. The summed E-state index contributed by atoms with van der Waals surface area (Å²) in [5.41, 5.74) is 13.5. The van der Waals surface area contributed by atoms with Gasteiger partial charge in [0.15, 0.2) is 0 Å². The Balaban J connectivity index is 3.76. The Bertz CT molecular complexity index is 129. The minimum Gasteiger partial charge on any atom is -0.329 e. The summed E-state index contributed by atoms with van der Waals surface area (Å²) in [6.45, 7) is 3.93. The molecule has 0 aromatic rings. The molecule has 0 atom stereocenters. The van der Waals surface area contributed by atoms with Crippen molar-refractivity contribution in [3.8, 4) is 0 Å². The van der Waals surface area contributed by atoms with Crippen LogP contribution in [0, 0.1) is 0 Å². The highest BCUT2D eigenvalue weighted by atomic mass is 16.2. The molecule has 5 nitrogen and oxygen atoms in total. The topological polar surface area (TPSA) is 84.4 Å². The van der Waals surface area contributed by atoms with Gasteiger partial charge >= 0.3 is 0 Å². The number of hydrazine groups is 1. The van der Waals surface area contributed by atoms with Gasteiger partial charge in [0, 0.05) is 32.6 Å². The first-order valence-corrected chi connectivity index (χ1v) is 4.20. The molecular weight excluding hydrogens is 156 g/mol. The highest BCUT2D eigenvalue weighted by molar-refractivity contribution is 5.75. The highest BCUT2D eigenvalue weighted by Crippen LogP contribution is 1.87. The first kappa shape index (κ1) is 11.4. The SMILES string of the molecule is CCC(=O)N(CCN)NCCN. The van der Waals surface area contributed by atoms with E-state index < -0.39 is 0 Å². The van der Waals surface area contributed by atoms with Gasteiger partial charge in [0.2, 0.25) is 5.91 Å². The minimum absolute atomic E-state index is 0.0499. The van der Waals surface area contributed by atoms with Crippen LogP contribution in [-0.4, -0.2) is 37.1 Å². The van der Waals surface area contributed by atoms with E-state index in [0.29, 0.717) is 32.6 Å². The maximum Gasteiger partial charge on any atom is 0.236 e. The Morgan fingerprint density at radius 1 is 1.42 bits per heavy atom. The molecule has 0 heterocycles. The molecule has 1 amide bonds. The van der Waals surface area contributed by atoms with E-state index >= 15 is 0 Å². The minimum atomic E-state index is 0.0499. The van der Waals surface area contributed by atoms with Gasteiger partial charge in [-0.25, -0.2) is 5.43 Å². The Morgan fingerprint density at radius 3 is 2.50 bits per heavy atom. The number of nitrogens with one attached hydrogen (secondary N) is 1. The summed E-state index contributed by atoms with van der Waals surface area (Å²) in [6.07, 6.45) is 0.484. The van der Waals surface area contributed by atoms with Crippen LogP contribution in [0.2, 0.25) is 0 Å². The van der Waals surface area contributed by atoms with Gasteiger partial charge in [-0.1, -0.05) is 6.92 Å². The lowest BCUT2D eigenvalue weighted by Gasteiger charge is -2.21. The van der Waals surface area contributed by atoms with Gasteiger partial charge in [-0.15, -0.1) is 0 Å². The molecule has 5 heteroatoms. The molecule has 0 saturated heterocycles. The van der Waals surface area contributed by atoms with Crippen molar-refractivity contribution < 1.29 is 4.79 Å². The molecule has 0 radical (unpaired) electrons. The fourth-order valence-corrected chi connectivity index (χ4v) is 0.811. The predicted molar refractivity (Wildman–Crippen MR) is 48.1 cm³/mol. The molecular formula is C7H18N4O. The second-order valence-corrected chi connectivity index (χ2v) is 2.38. The van der Waals surface area contributed by atoms with Gasteiger partial charge in [-0.2, -0.15) is 0 Å². The van der Waals surface area contributed by atoms with Crippen LogP contribution in [-0.2, 0) is 4.79 Å². The molecule has 0 aromatic heterocycles. The maximum atomic E-state index is 11.2. The molecule has 0 rings (SSSR count). The van der Waals surface area contributed by atoms with Crippen molar-refractivity contribution >= 4 is 5.91 Å². The van der Waals surface area contributed by atoms with Crippen LogP contribution in [0.15, 0.2) is 0 Å². The molecule has 0 fully saturated rings. The maximum absolute atomic E-state index is 11.2. The number of hydrogen-bond donors (Lipinski definition) is 3. The van der Waals surface area contributed by atoms with E-state index in [0.717, 1.165) is 0 Å². The van der Waals surface area contributed by atoms with E-state index in [1.165, 1.54) is 5.01 Å². The fourth-order valence-electron chi connectivity index (χ4n) is 0.811. The first-order chi connectivity index (χ1) is 5.76. The molecule has 0 unspecified atom stereocenters. The van der Waals surface area contributed by atoms with E-state index in [9.17, 15) is 4.79 Å². The zero-order chi connectivity index (χ0) is 9.40. The molecule has 12 heavy (non-hydrogen) atoms. The van der Waals surface area contributed by atoms with E-state index in [-0.39, 0.29) is 5.91 Å². The summed E-state index contributed by atoms with van der Waals surface area (Å²) < 4.78 is 0. The third-order valence-electron chi connectivity index (χ3n) is 1.40. The number of amides is 1. The molecule has 0 aliphatic carbocycles. The zero-order valence-corrected chi connectivity index (χ0v) is 7.55. The normalized spacial score (nSPS) is 9.92. The van der Waals surface area contributed by atoms with Crippen LogP contribution >= 0.6 is 0 Å². The number of rotatable bonds is 6. The Morgan fingerprint density at radius 2 is 2.08 bits per heavy atom. The van der Waals surface area contributed by atoms with Crippen molar-refractivity contribution in [1.82, 2.24) is 10.4 Å². The molecule has 0 aliphatic heterocycles. The van der Waals surface area contributed by atoms with E-state index in [1.807, 2.05) is 6.92 Å². The van der Waals surface area contributed by atoms with Gasteiger partial charge in [0.05, 0.1) is 0 Å². The number of carbonyl (C=O) groups is 1. The molecule has 0 spiro atoms. The van der Waals surface area contributed by atoms with Gasteiger partial charge in [0.25, 0.3) is 0 Å². The number of carbonyl (C=O) groups excluding carboxylic acids is 1. The van der Waals surface area contributed by atoms with Gasteiger partial charge in [-0.3, -0.25) is 9.80 Å². The van der Waals surface area contributed by atoms with Crippen molar-refractivity contribution in [2.45, 2.75) is 13.3 Å². The van der Waals surface area contributed by atoms with Crippen molar-refractivity contribution in [1.29, 1.82) is 0 Å². The molecule has 0 bridgehead atoms. The lowest BCUT2D eigenvalue weighted by molar-refractivity contribution is -0.133. The van der Waals surface area contributed by atoms with Gasteiger partial charge < -0.3 is 11.5 Å². The average Bonchev–Trinajstić information content (AvgIpc) is 2.11. The summed E-state index contributed by atoms with van der Waals surface area (Å²) in [6, 6.07) is 0. The van der Waals surface area contributed by atoms with Crippen LogP contribution in [0.3, 0.4) is 0 Å². The van der Waals surface area contributed by atoms with Crippen LogP contribution in [0.4, 0.5) is 0 Å². The summed E-state index contributed by atoms with van der Waals surface area (Å²) in [5.74, 6) is 0.0499. The lowest BCUT2D eigenvalue weighted by Crippen LogP contribution is -2.47. The summed E-state index contributed by atoms with van der Waals surface area (Å²) in [5, 5.41) is 1.52. The Labute approximate surface area is 73.1 Å². The van der Waals surface area contributed by atoms with Crippen LogP contribution in [0.5, 0.6) is 0 Å². The highest BCUT2D eigenvalue weighted by Gasteiger charge is 2.08. The van der Waals surface area contributed by atoms with Gasteiger partial charge in [0.1, 0.15) is 0 Å². The third-order valence-corrected chi connectivity index (χ3v) is 1.40. The summed E-state index contributed by atoms with van der Waals surface area (Å²) >= 11 is 0. The van der Waals surface area contributed by atoms with Crippen molar-refractivity contribution in [3.63, 3.8) is 0 Å². The quantitative estimate of drug-likeness (QED) is 0.435. The Kier molecular flexibility index (Phi) is 6.64. The second-order valence-electron chi connectivity index (χ2n) is 2.38. The standard InChI is InChI=1S/C7H18N4O/c1-2-7(12)11(6-4-9)10-5-3-8/h10H,2-6,8-9H2,1H3. The zero-order valence-electron chi connectivity index (χ0n) is 7.55. The fraction of sp³-hybridized carbons (Fsp3) is 0.857. The predicted octanol–water partition coefficient (Wildman–Crippen LogP) is -1.35. The van der Waals surface area contributed by atoms with Crippen LogP contribution in [0.25, 0.3) is 0 Å². The third kappa shape index (κ3) is 4.27. The molecule has 5 N–H and O–H groups in total. The first-order valence-electron chi connectivity index (χ1n) is 4.20. The van der Waals surface area contributed by atoms with E-state index in [1.54, 1.807) is 0 Å². The number of nitrogens with zero attached hydrogens (tertiary/aromatic N) is 1. The second kappa shape index (κ2) is 7.02. The Hall–Kier alpha value is -0.650. The number of nitrogens with two attached hydrogens (primary N) is 2. The van der Waals surface area contributed by atoms with E-state index in [4.69, 9.17) is 11.5 Å². The monoisotopic (exact) mass is 174 g/mol. The van der Waals surface area contributed by atoms with Crippen LogP contribution in [0.1, 0.15) is 13.3 Å². The molecule has 0 saturated carbocycles. The largest absolute Gasteiger partial charge is 0.329 e. The van der Waals surface area contributed by atoms with E-state index in [2.05, 4.69) is 5.43 Å². The molecule has 0 aliphatic rings. The van der Waals surface area contributed by atoms with Crippen molar-refractivity contribution in [2.24, 2.45) is 11.5 Å². The molecule has 72 valence electrons.